The van der Waals surface area contributed by atoms with E-state index in [4.69, 9.17) is 9.15 Å². The van der Waals surface area contributed by atoms with Crippen molar-refractivity contribution in [2.45, 2.75) is 45.6 Å². The molecule has 2 rings (SSSR count). The molecule has 2 N–H and O–H groups in total. The summed E-state index contributed by atoms with van der Waals surface area (Å²) in [7, 11) is 1.82. The van der Waals surface area contributed by atoms with Gasteiger partial charge in [-0.3, -0.25) is 4.99 Å². The fourth-order valence-corrected chi connectivity index (χ4v) is 2.87. The van der Waals surface area contributed by atoms with Crippen LogP contribution in [0.4, 0.5) is 0 Å². The lowest BCUT2D eigenvalue weighted by atomic mass is 9.89. The lowest BCUT2D eigenvalue weighted by Gasteiger charge is -2.25. The molecule has 0 atom stereocenters. The molecule has 1 aliphatic rings. The van der Waals surface area contributed by atoms with Gasteiger partial charge < -0.3 is 19.8 Å². The van der Waals surface area contributed by atoms with Crippen molar-refractivity contribution in [3.05, 3.63) is 24.2 Å². The van der Waals surface area contributed by atoms with Gasteiger partial charge in [0, 0.05) is 26.7 Å². The second-order valence-corrected chi connectivity index (χ2v) is 6.36. The van der Waals surface area contributed by atoms with E-state index in [0.29, 0.717) is 18.6 Å². The molecule has 0 aromatic carbocycles. The number of guanidine groups is 1. The summed E-state index contributed by atoms with van der Waals surface area (Å²) >= 11 is 0. The Hall–Kier alpha value is -1.49. The van der Waals surface area contributed by atoms with Gasteiger partial charge in [0.1, 0.15) is 12.4 Å². The molecule has 0 spiro atoms. The highest BCUT2D eigenvalue weighted by Gasteiger charge is 2.28. The second kappa shape index (κ2) is 8.83. The number of aliphatic imine (C=N–C) groups is 1. The van der Waals surface area contributed by atoms with Crippen molar-refractivity contribution >= 4 is 5.96 Å². The van der Waals surface area contributed by atoms with E-state index in [1.165, 1.54) is 25.7 Å². The highest BCUT2D eigenvalue weighted by atomic mass is 16.5. The first kappa shape index (κ1) is 16.9. The molecule has 1 heterocycles. The predicted octanol–water partition coefficient (Wildman–Crippen LogP) is 2.93. The van der Waals surface area contributed by atoms with Crippen LogP contribution in [0.25, 0.3) is 0 Å². The predicted molar refractivity (Wildman–Crippen MR) is 88.9 cm³/mol. The normalized spacial score (nSPS) is 17.6. The summed E-state index contributed by atoms with van der Waals surface area (Å²) in [4.78, 5) is 4.28. The smallest absolute Gasteiger partial charge is 0.190 e. The monoisotopic (exact) mass is 307 g/mol. The van der Waals surface area contributed by atoms with E-state index in [1.807, 2.05) is 19.2 Å². The molecule has 124 valence electrons. The quantitative estimate of drug-likeness (QED) is 0.440. The van der Waals surface area contributed by atoms with Crippen LogP contribution in [0, 0.1) is 5.41 Å². The molecule has 1 aliphatic carbocycles. The van der Waals surface area contributed by atoms with Gasteiger partial charge in [0.05, 0.1) is 6.26 Å². The maximum atomic E-state index is 5.56. The Morgan fingerprint density at radius 2 is 2.18 bits per heavy atom. The lowest BCUT2D eigenvalue weighted by Crippen LogP contribution is -2.42. The maximum absolute atomic E-state index is 5.56. The zero-order chi connectivity index (χ0) is 15.7. The Morgan fingerprint density at radius 3 is 2.86 bits per heavy atom. The zero-order valence-corrected chi connectivity index (χ0v) is 13.9. The minimum atomic E-state index is 0.434. The van der Waals surface area contributed by atoms with Crippen molar-refractivity contribution < 1.29 is 9.15 Å². The summed E-state index contributed by atoms with van der Waals surface area (Å²) in [6.07, 6.45) is 7.96. The van der Waals surface area contributed by atoms with Crippen molar-refractivity contribution in [3.63, 3.8) is 0 Å². The molecule has 0 radical (unpaired) electrons. The fourth-order valence-electron chi connectivity index (χ4n) is 2.87. The number of hydrogen-bond acceptors (Lipinski definition) is 3. The molecule has 0 bridgehead atoms. The molecular formula is C17H29N3O2. The summed E-state index contributed by atoms with van der Waals surface area (Å²) in [5.41, 5.74) is 0.434. The molecule has 1 fully saturated rings. The third kappa shape index (κ3) is 5.72. The second-order valence-electron chi connectivity index (χ2n) is 6.36. The van der Waals surface area contributed by atoms with E-state index in [0.717, 1.165) is 31.2 Å². The summed E-state index contributed by atoms with van der Waals surface area (Å²) in [5, 5.41) is 6.79. The Labute approximate surface area is 133 Å². The van der Waals surface area contributed by atoms with E-state index in [1.54, 1.807) is 6.26 Å². The van der Waals surface area contributed by atoms with Crippen molar-refractivity contribution in [1.82, 2.24) is 10.6 Å². The van der Waals surface area contributed by atoms with Crippen molar-refractivity contribution in [2.24, 2.45) is 10.4 Å². The van der Waals surface area contributed by atoms with Crippen molar-refractivity contribution in [1.29, 1.82) is 0 Å². The SMILES string of the molecule is CN=C(NCCCOCc1ccco1)NCC1(C)CCCC1. The van der Waals surface area contributed by atoms with E-state index in [-0.39, 0.29) is 0 Å². The summed E-state index contributed by atoms with van der Waals surface area (Å²) in [6.45, 7) is 5.47. The van der Waals surface area contributed by atoms with Gasteiger partial charge in [-0.15, -0.1) is 0 Å². The van der Waals surface area contributed by atoms with E-state index >= 15 is 0 Å². The molecule has 0 aliphatic heterocycles. The van der Waals surface area contributed by atoms with Crippen LogP contribution in [0.1, 0.15) is 44.8 Å². The Balaban J connectivity index is 1.52. The van der Waals surface area contributed by atoms with Gasteiger partial charge in [-0.2, -0.15) is 0 Å². The number of nitrogens with zero attached hydrogens (tertiary/aromatic N) is 1. The average Bonchev–Trinajstić information content (AvgIpc) is 3.18. The van der Waals surface area contributed by atoms with Crippen LogP contribution in [0.3, 0.4) is 0 Å². The summed E-state index contributed by atoms with van der Waals surface area (Å²) < 4.78 is 10.8. The minimum Gasteiger partial charge on any atom is -0.467 e. The van der Waals surface area contributed by atoms with E-state index in [9.17, 15) is 0 Å². The molecule has 0 amide bonds. The Bertz CT molecular complexity index is 437. The van der Waals surface area contributed by atoms with Crippen LogP contribution < -0.4 is 10.6 Å². The van der Waals surface area contributed by atoms with Crippen LogP contribution in [0.15, 0.2) is 27.8 Å². The molecule has 0 unspecified atom stereocenters. The zero-order valence-electron chi connectivity index (χ0n) is 13.9. The number of rotatable bonds is 8. The van der Waals surface area contributed by atoms with Gasteiger partial charge in [-0.1, -0.05) is 19.8 Å². The lowest BCUT2D eigenvalue weighted by molar-refractivity contribution is 0.105. The largest absolute Gasteiger partial charge is 0.467 e. The molecule has 1 aromatic heterocycles. The first-order valence-electron chi connectivity index (χ1n) is 8.26. The molecule has 5 nitrogen and oxygen atoms in total. The van der Waals surface area contributed by atoms with Gasteiger partial charge in [0.15, 0.2) is 5.96 Å². The molecule has 22 heavy (non-hydrogen) atoms. The highest BCUT2D eigenvalue weighted by Crippen LogP contribution is 2.36. The molecular weight excluding hydrogens is 278 g/mol. The minimum absolute atomic E-state index is 0.434. The van der Waals surface area contributed by atoms with Gasteiger partial charge >= 0.3 is 0 Å². The van der Waals surface area contributed by atoms with Crippen LogP contribution >= 0.6 is 0 Å². The standard InChI is InChI=1S/C17H29N3O2/c1-17(8-3-4-9-17)14-20-16(18-2)19-10-6-11-21-13-15-7-5-12-22-15/h5,7,12H,3-4,6,8-11,13-14H2,1-2H3,(H2,18,19,20). The number of furan rings is 1. The highest BCUT2D eigenvalue weighted by molar-refractivity contribution is 5.79. The Morgan fingerprint density at radius 1 is 1.36 bits per heavy atom. The topological polar surface area (TPSA) is 58.8 Å². The summed E-state index contributed by atoms with van der Waals surface area (Å²) in [6, 6.07) is 3.80. The fraction of sp³-hybridized carbons (Fsp3) is 0.706. The molecule has 1 aromatic rings. The maximum Gasteiger partial charge on any atom is 0.190 e. The molecule has 1 saturated carbocycles. The first-order chi connectivity index (χ1) is 10.7. The molecule has 0 saturated heterocycles. The van der Waals surface area contributed by atoms with Gasteiger partial charge in [0.25, 0.3) is 0 Å². The first-order valence-corrected chi connectivity index (χ1v) is 8.26. The van der Waals surface area contributed by atoms with E-state index < -0.39 is 0 Å². The molecule has 5 heteroatoms. The number of nitrogens with one attached hydrogen (secondary N) is 2. The van der Waals surface area contributed by atoms with Crippen molar-refractivity contribution in [2.75, 3.05) is 26.7 Å². The van der Waals surface area contributed by atoms with Gasteiger partial charge in [-0.05, 0) is 36.8 Å². The third-order valence-electron chi connectivity index (χ3n) is 4.30. The van der Waals surface area contributed by atoms with Gasteiger partial charge in [-0.25, -0.2) is 0 Å². The van der Waals surface area contributed by atoms with Crippen LogP contribution in [-0.2, 0) is 11.3 Å². The van der Waals surface area contributed by atoms with Crippen LogP contribution in [0.2, 0.25) is 0 Å². The van der Waals surface area contributed by atoms with Crippen LogP contribution in [-0.4, -0.2) is 32.7 Å². The third-order valence-corrected chi connectivity index (χ3v) is 4.30. The Kier molecular flexibility index (Phi) is 6.77. The average molecular weight is 307 g/mol. The number of hydrogen-bond donors (Lipinski definition) is 2. The van der Waals surface area contributed by atoms with Crippen LogP contribution in [0.5, 0.6) is 0 Å². The van der Waals surface area contributed by atoms with Gasteiger partial charge in [0.2, 0.25) is 0 Å². The van der Waals surface area contributed by atoms with E-state index in [2.05, 4.69) is 22.5 Å². The summed E-state index contributed by atoms with van der Waals surface area (Å²) in [5.74, 6) is 1.76. The van der Waals surface area contributed by atoms with Crippen molar-refractivity contribution in [3.8, 4) is 0 Å². The number of ether oxygens (including phenoxy) is 1.